The summed E-state index contributed by atoms with van der Waals surface area (Å²) in [5.74, 6) is 0.0212. The van der Waals surface area contributed by atoms with Gasteiger partial charge in [0.05, 0.1) is 17.8 Å². The molecule has 1 N–H and O–H groups in total. The predicted octanol–water partition coefficient (Wildman–Crippen LogP) is 5.04. The lowest BCUT2D eigenvalue weighted by atomic mass is 10.1. The average Bonchev–Trinajstić information content (AvgIpc) is 2.94. The highest BCUT2D eigenvalue weighted by molar-refractivity contribution is 7.87. The predicted molar refractivity (Wildman–Crippen MR) is 155 cm³/mol. The lowest BCUT2D eigenvalue weighted by Crippen LogP contribution is -2.45. The second-order valence-corrected chi connectivity index (χ2v) is 11.6. The molecule has 8 nitrogen and oxygen atoms in total. The van der Waals surface area contributed by atoms with E-state index in [0.29, 0.717) is 36.0 Å². The molecule has 0 spiro atoms. The maximum absolute atomic E-state index is 12.9. The minimum atomic E-state index is -3.88. The first kappa shape index (κ1) is 28.9. The second kappa shape index (κ2) is 12.8. The van der Waals surface area contributed by atoms with E-state index in [1.165, 1.54) is 14.9 Å². The van der Waals surface area contributed by atoms with Gasteiger partial charge in [0.1, 0.15) is 10.8 Å². The van der Waals surface area contributed by atoms with Crippen molar-refractivity contribution in [2.45, 2.75) is 32.2 Å². The number of piperidine rings is 1. The number of ether oxygens (including phenoxy) is 1. The van der Waals surface area contributed by atoms with Crippen LogP contribution >= 0.6 is 23.2 Å². The largest absolute Gasteiger partial charge is 0.497 e. The number of methoxy groups -OCH3 is 1. The zero-order chi connectivity index (χ0) is 28.0. The summed E-state index contributed by atoms with van der Waals surface area (Å²) in [6.07, 6.45) is 6.58. The molecular formula is C28H29Cl2N3O5S. The zero-order valence-electron chi connectivity index (χ0n) is 21.4. The fraction of sp³-hybridized carbons (Fsp3) is 0.286. The van der Waals surface area contributed by atoms with Crippen molar-refractivity contribution >= 4 is 51.5 Å². The Kier molecular flexibility index (Phi) is 9.50. The molecule has 0 unspecified atom stereocenters. The van der Waals surface area contributed by atoms with Crippen LogP contribution in [0.25, 0.3) is 12.2 Å². The fourth-order valence-electron chi connectivity index (χ4n) is 4.34. The molecular weight excluding hydrogens is 561 g/mol. The van der Waals surface area contributed by atoms with Gasteiger partial charge in [-0.25, -0.2) is 4.72 Å². The van der Waals surface area contributed by atoms with E-state index in [1.807, 2.05) is 30.3 Å². The van der Waals surface area contributed by atoms with Gasteiger partial charge in [-0.3, -0.25) is 9.59 Å². The molecule has 1 aliphatic rings. The van der Waals surface area contributed by atoms with Crippen LogP contribution in [0.3, 0.4) is 0 Å². The van der Waals surface area contributed by atoms with Crippen molar-refractivity contribution in [2.75, 3.05) is 20.2 Å². The summed E-state index contributed by atoms with van der Waals surface area (Å²) in [5, 5.41) is 0.348. The molecule has 2 aromatic carbocycles. The van der Waals surface area contributed by atoms with Crippen molar-refractivity contribution in [3.8, 4) is 5.75 Å². The van der Waals surface area contributed by atoms with Gasteiger partial charge in [-0.1, -0.05) is 60.0 Å². The number of nitrogens with one attached hydrogen (secondary N) is 1. The van der Waals surface area contributed by atoms with Crippen molar-refractivity contribution in [1.82, 2.24) is 13.6 Å². The highest BCUT2D eigenvalue weighted by Gasteiger charge is 2.26. The standard InChI is InChI=1S/C28H29Cl2N3O5S/c1-38-23-7-5-6-21(18-23)10-13-26-24(29)19-25(30)28(35)33(26)17-14-20-8-11-22(12-9-20)27(34)31-39(36,37)32-15-3-2-4-16-32/h5-13,18-19H,2-4,14-17H2,1H3,(H,31,34)/b13-10+. The fourth-order valence-corrected chi connectivity index (χ4v) is 6.10. The maximum atomic E-state index is 12.9. The van der Waals surface area contributed by atoms with Crippen molar-refractivity contribution in [2.24, 2.45) is 0 Å². The third-order valence-corrected chi connectivity index (χ3v) is 8.54. The number of halogens is 2. The molecule has 0 atom stereocenters. The van der Waals surface area contributed by atoms with E-state index in [0.717, 1.165) is 30.4 Å². The van der Waals surface area contributed by atoms with Gasteiger partial charge in [0.2, 0.25) is 0 Å². The van der Waals surface area contributed by atoms with Gasteiger partial charge in [0.25, 0.3) is 11.5 Å². The molecule has 0 aliphatic carbocycles. The number of amides is 1. The number of benzene rings is 2. The lowest BCUT2D eigenvalue weighted by molar-refractivity contribution is 0.0978. The third-order valence-electron chi connectivity index (χ3n) is 6.48. The molecule has 0 saturated carbocycles. The van der Waals surface area contributed by atoms with E-state index >= 15 is 0 Å². The van der Waals surface area contributed by atoms with E-state index in [1.54, 1.807) is 37.5 Å². The normalized spacial score (nSPS) is 14.4. The van der Waals surface area contributed by atoms with Crippen LogP contribution in [0, 0.1) is 0 Å². The van der Waals surface area contributed by atoms with Crippen LogP contribution in [0.1, 0.15) is 46.4 Å². The Labute approximate surface area is 238 Å². The minimum Gasteiger partial charge on any atom is -0.497 e. The van der Waals surface area contributed by atoms with Gasteiger partial charge in [0, 0.05) is 25.2 Å². The molecule has 11 heteroatoms. The van der Waals surface area contributed by atoms with E-state index < -0.39 is 16.1 Å². The highest BCUT2D eigenvalue weighted by atomic mass is 35.5. The van der Waals surface area contributed by atoms with Crippen LogP contribution < -0.4 is 15.0 Å². The maximum Gasteiger partial charge on any atom is 0.304 e. The molecule has 39 heavy (non-hydrogen) atoms. The number of aryl methyl sites for hydroxylation is 1. The van der Waals surface area contributed by atoms with E-state index in [2.05, 4.69) is 4.72 Å². The van der Waals surface area contributed by atoms with Gasteiger partial charge >= 0.3 is 10.2 Å². The number of carbonyl (C=O) groups excluding carboxylic acids is 1. The Hall–Kier alpha value is -3.11. The number of nitrogens with zero attached hydrogens (tertiary/aromatic N) is 2. The SMILES string of the molecule is COc1cccc(/C=C/c2c(Cl)cc(Cl)c(=O)n2CCc2ccc(C(=O)NS(=O)(=O)N3CCCCC3)cc2)c1. The van der Waals surface area contributed by atoms with Crippen LogP contribution in [-0.4, -0.2) is 43.4 Å². The number of rotatable bonds is 9. The first-order chi connectivity index (χ1) is 18.7. The number of hydrogen-bond acceptors (Lipinski definition) is 5. The first-order valence-electron chi connectivity index (χ1n) is 12.5. The topological polar surface area (TPSA) is 97.7 Å². The molecule has 1 fully saturated rings. The Morgan fingerprint density at radius 2 is 1.72 bits per heavy atom. The molecule has 1 aromatic heterocycles. The average molecular weight is 591 g/mol. The number of aromatic nitrogens is 1. The summed E-state index contributed by atoms with van der Waals surface area (Å²) in [6.45, 7) is 1.10. The third kappa shape index (κ3) is 7.30. The highest BCUT2D eigenvalue weighted by Crippen LogP contribution is 2.22. The number of hydrogen-bond donors (Lipinski definition) is 1. The molecule has 3 aromatic rings. The Balaban J connectivity index is 1.48. The van der Waals surface area contributed by atoms with Crippen LogP contribution in [0.2, 0.25) is 10.0 Å². The summed E-state index contributed by atoms with van der Waals surface area (Å²) in [6, 6.07) is 15.5. The second-order valence-electron chi connectivity index (χ2n) is 9.14. The Morgan fingerprint density at radius 1 is 1.00 bits per heavy atom. The molecule has 0 radical (unpaired) electrons. The molecule has 4 rings (SSSR count). The molecule has 1 amide bonds. The molecule has 1 aliphatic heterocycles. The van der Waals surface area contributed by atoms with Crippen molar-refractivity contribution < 1.29 is 17.9 Å². The van der Waals surface area contributed by atoms with E-state index in [4.69, 9.17) is 27.9 Å². The summed E-state index contributed by atoms with van der Waals surface area (Å²) in [7, 11) is -2.29. The number of carbonyl (C=O) groups is 1. The van der Waals surface area contributed by atoms with Gasteiger partial charge in [-0.05, 0) is 66.8 Å². The zero-order valence-corrected chi connectivity index (χ0v) is 23.7. The first-order valence-corrected chi connectivity index (χ1v) is 14.7. The van der Waals surface area contributed by atoms with Crippen molar-refractivity contribution in [3.05, 3.63) is 97.4 Å². The van der Waals surface area contributed by atoms with Crippen molar-refractivity contribution in [1.29, 1.82) is 0 Å². The Bertz CT molecular complexity index is 1530. The van der Waals surface area contributed by atoms with Crippen LogP contribution in [-0.2, 0) is 23.2 Å². The van der Waals surface area contributed by atoms with Gasteiger partial charge < -0.3 is 9.30 Å². The van der Waals surface area contributed by atoms with Gasteiger partial charge in [-0.2, -0.15) is 12.7 Å². The summed E-state index contributed by atoms with van der Waals surface area (Å²) in [4.78, 5) is 25.5. The van der Waals surface area contributed by atoms with Crippen molar-refractivity contribution in [3.63, 3.8) is 0 Å². The molecule has 1 saturated heterocycles. The van der Waals surface area contributed by atoms with E-state index in [9.17, 15) is 18.0 Å². The van der Waals surface area contributed by atoms with Gasteiger partial charge in [-0.15, -0.1) is 0 Å². The summed E-state index contributed by atoms with van der Waals surface area (Å²) < 4.78 is 35.3. The Morgan fingerprint density at radius 3 is 2.41 bits per heavy atom. The molecule has 2 heterocycles. The molecule has 206 valence electrons. The quantitative estimate of drug-likeness (QED) is 0.377. The van der Waals surface area contributed by atoms with Crippen LogP contribution in [0.4, 0.5) is 0 Å². The minimum absolute atomic E-state index is 0.0143. The number of pyridine rings is 1. The summed E-state index contributed by atoms with van der Waals surface area (Å²) >= 11 is 12.6. The monoisotopic (exact) mass is 589 g/mol. The smallest absolute Gasteiger partial charge is 0.304 e. The van der Waals surface area contributed by atoms with Gasteiger partial charge in [0.15, 0.2) is 0 Å². The lowest BCUT2D eigenvalue weighted by Gasteiger charge is -2.25. The van der Waals surface area contributed by atoms with E-state index in [-0.39, 0.29) is 22.7 Å². The molecule has 0 bridgehead atoms. The van der Waals surface area contributed by atoms with Crippen LogP contribution in [0.5, 0.6) is 5.75 Å². The summed E-state index contributed by atoms with van der Waals surface area (Å²) in [5.41, 5.74) is 2.08. The van der Waals surface area contributed by atoms with Crippen LogP contribution in [0.15, 0.2) is 59.4 Å².